The Morgan fingerprint density at radius 3 is 3.08 bits per heavy atom. The predicted octanol–water partition coefficient (Wildman–Crippen LogP) is 0.461. The first kappa shape index (κ1) is 8.50. The van der Waals surface area contributed by atoms with Gasteiger partial charge in [-0.25, -0.2) is 0 Å². The SMILES string of the molecule is CCN1CCC(c2nc(N)no2)C1. The van der Waals surface area contributed by atoms with Gasteiger partial charge in [-0.1, -0.05) is 6.92 Å². The molecule has 2 rings (SSSR count). The molecule has 2 heterocycles. The maximum absolute atomic E-state index is 5.38. The first-order valence-electron chi connectivity index (χ1n) is 4.61. The van der Waals surface area contributed by atoms with Crippen molar-refractivity contribution in [3.05, 3.63) is 5.89 Å². The van der Waals surface area contributed by atoms with Crippen LogP contribution in [0.3, 0.4) is 0 Å². The van der Waals surface area contributed by atoms with E-state index in [4.69, 9.17) is 10.3 Å². The van der Waals surface area contributed by atoms with E-state index in [2.05, 4.69) is 22.0 Å². The number of aromatic nitrogens is 2. The van der Waals surface area contributed by atoms with E-state index in [1.165, 1.54) is 0 Å². The Balaban J connectivity index is 2.03. The predicted molar refractivity (Wildman–Crippen MR) is 48.2 cm³/mol. The third-order valence-electron chi connectivity index (χ3n) is 2.53. The highest BCUT2D eigenvalue weighted by Crippen LogP contribution is 2.25. The monoisotopic (exact) mass is 182 g/mol. The zero-order valence-electron chi connectivity index (χ0n) is 7.73. The first-order chi connectivity index (χ1) is 6.29. The van der Waals surface area contributed by atoms with Crippen LogP contribution in [0.5, 0.6) is 0 Å². The molecule has 1 saturated heterocycles. The van der Waals surface area contributed by atoms with Gasteiger partial charge in [-0.2, -0.15) is 4.98 Å². The van der Waals surface area contributed by atoms with Crippen LogP contribution in [0.15, 0.2) is 4.52 Å². The lowest BCUT2D eigenvalue weighted by atomic mass is 10.1. The number of nitrogens with zero attached hydrogens (tertiary/aromatic N) is 3. The molecular weight excluding hydrogens is 168 g/mol. The average molecular weight is 182 g/mol. The van der Waals surface area contributed by atoms with E-state index >= 15 is 0 Å². The number of nitrogens with two attached hydrogens (primary N) is 1. The lowest BCUT2D eigenvalue weighted by Crippen LogP contribution is -2.19. The lowest BCUT2D eigenvalue weighted by Gasteiger charge is -2.10. The van der Waals surface area contributed by atoms with Crippen LogP contribution < -0.4 is 5.73 Å². The van der Waals surface area contributed by atoms with Gasteiger partial charge in [0.2, 0.25) is 5.89 Å². The van der Waals surface area contributed by atoms with Crippen LogP contribution in [0.1, 0.15) is 25.2 Å². The number of nitrogen functional groups attached to an aromatic ring is 1. The molecule has 0 bridgehead atoms. The Bertz CT molecular complexity index is 285. The second-order valence-electron chi connectivity index (χ2n) is 3.37. The van der Waals surface area contributed by atoms with E-state index in [9.17, 15) is 0 Å². The molecule has 1 aromatic rings. The summed E-state index contributed by atoms with van der Waals surface area (Å²) in [6.45, 7) is 5.37. The van der Waals surface area contributed by atoms with Gasteiger partial charge in [0.1, 0.15) is 0 Å². The Kier molecular flexibility index (Phi) is 2.18. The second-order valence-corrected chi connectivity index (χ2v) is 3.37. The minimum absolute atomic E-state index is 0.241. The molecule has 1 aromatic heterocycles. The van der Waals surface area contributed by atoms with E-state index in [1.807, 2.05) is 0 Å². The highest BCUT2D eigenvalue weighted by molar-refractivity contribution is 5.13. The van der Waals surface area contributed by atoms with Gasteiger partial charge in [0.25, 0.3) is 5.95 Å². The summed E-state index contributed by atoms with van der Waals surface area (Å²) in [5.74, 6) is 1.31. The maximum Gasteiger partial charge on any atom is 0.260 e. The van der Waals surface area contributed by atoms with Crippen molar-refractivity contribution in [2.45, 2.75) is 19.3 Å². The number of hydrogen-bond acceptors (Lipinski definition) is 5. The fourth-order valence-electron chi connectivity index (χ4n) is 1.73. The molecule has 1 atom stereocenters. The molecule has 0 radical (unpaired) electrons. The van der Waals surface area contributed by atoms with Gasteiger partial charge in [0, 0.05) is 6.54 Å². The molecule has 2 N–H and O–H groups in total. The Morgan fingerprint density at radius 1 is 1.69 bits per heavy atom. The molecule has 5 heteroatoms. The fraction of sp³-hybridized carbons (Fsp3) is 0.750. The molecule has 0 spiro atoms. The molecule has 0 saturated carbocycles. The van der Waals surface area contributed by atoms with Gasteiger partial charge in [0.05, 0.1) is 5.92 Å². The highest BCUT2D eigenvalue weighted by atomic mass is 16.5. The Labute approximate surface area is 76.9 Å². The molecule has 5 nitrogen and oxygen atoms in total. The molecule has 0 aliphatic carbocycles. The number of likely N-dealkylation sites (tertiary alicyclic amines) is 1. The molecular formula is C8H14N4O. The third kappa shape index (κ3) is 1.65. The largest absolute Gasteiger partial charge is 0.365 e. The second kappa shape index (κ2) is 3.33. The summed E-state index contributed by atoms with van der Waals surface area (Å²) >= 11 is 0. The molecule has 0 aromatic carbocycles. The van der Waals surface area contributed by atoms with E-state index in [1.54, 1.807) is 0 Å². The molecule has 1 aliphatic rings. The Hall–Kier alpha value is -1.10. The quantitative estimate of drug-likeness (QED) is 0.719. The van der Waals surface area contributed by atoms with Gasteiger partial charge in [0.15, 0.2) is 0 Å². The summed E-state index contributed by atoms with van der Waals surface area (Å²) in [4.78, 5) is 6.40. The third-order valence-corrected chi connectivity index (χ3v) is 2.53. The van der Waals surface area contributed by atoms with E-state index < -0.39 is 0 Å². The van der Waals surface area contributed by atoms with Gasteiger partial charge < -0.3 is 15.2 Å². The van der Waals surface area contributed by atoms with E-state index in [0.29, 0.717) is 11.8 Å². The molecule has 72 valence electrons. The minimum atomic E-state index is 0.241. The lowest BCUT2D eigenvalue weighted by molar-refractivity contribution is 0.326. The van der Waals surface area contributed by atoms with Crippen LogP contribution >= 0.6 is 0 Å². The molecule has 0 amide bonds. The molecule has 1 fully saturated rings. The standard InChI is InChI=1S/C8H14N4O/c1-2-12-4-3-6(5-12)7-10-8(9)11-13-7/h6H,2-5H2,1H3,(H2,9,11). The smallest absolute Gasteiger partial charge is 0.260 e. The fourth-order valence-corrected chi connectivity index (χ4v) is 1.73. The van der Waals surface area contributed by atoms with Crippen LogP contribution in [0.2, 0.25) is 0 Å². The summed E-state index contributed by atoms with van der Waals surface area (Å²) in [7, 11) is 0. The zero-order chi connectivity index (χ0) is 9.26. The normalized spacial score (nSPS) is 23.9. The van der Waals surface area contributed by atoms with E-state index in [0.717, 1.165) is 26.1 Å². The maximum atomic E-state index is 5.38. The van der Waals surface area contributed by atoms with Gasteiger partial charge >= 0.3 is 0 Å². The van der Waals surface area contributed by atoms with Crippen molar-refractivity contribution in [2.24, 2.45) is 0 Å². The van der Waals surface area contributed by atoms with Crippen LogP contribution in [0, 0.1) is 0 Å². The van der Waals surface area contributed by atoms with Crippen LogP contribution in [-0.4, -0.2) is 34.7 Å². The van der Waals surface area contributed by atoms with Crippen LogP contribution in [-0.2, 0) is 0 Å². The van der Waals surface area contributed by atoms with Gasteiger partial charge in [-0.15, -0.1) is 0 Å². The number of hydrogen-bond donors (Lipinski definition) is 1. The van der Waals surface area contributed by atoms with Crippen molar-refractivity contribution in [1.82, 2.24) is 15.0 Å². The molecule has 1 aliphatic heterocycles. The minimum Gasteiger partial charge on any atom is -0.365 e. The summed E-state index contributed by atoms with van der Waals surface area (Å²) in [6.07, 6.45) is 1.09. The van der Waals surface area contributed by atoms with Gasteiger partial charge in [-0.05, 0) is 24.7 Å². The van der Waals surface area contributed by atoms with Crippen molar-refractivity contribution >= 4 is 5.95 Å². The Morgan fingerprint density at radius 2 is 2.54 bits per heavy atom. The van der Waals surface area contributed by atoms with E-state index in [-0.39, 0.29) is 5.95 Å². The summed E-state index contributed by atoms with van der Waals surface area (Å²) in [5, 5.41) is 3.59. The number of likely N-dealkylation sites (N-methyl/N-ethyl adjacent to an activating group) is 1. The molecule has 13 heavy (non-hydrogen) atoms. The van der Waals surface area contributed by atoms with Gasteiger partial charge in [-0.3, -0.25) is 0 Å². The first-order valence-corrected chi connectivity index (χ1v) is 4.61. The van der Waals surface area contributed by atoms with Crippen molar-refractivity contribution in [3.63, 3.8) is 0 Å². The van der Waals surface area contributed by atoms with Crippen LogP contribution in [0.25, 0.3) is 0 Å². The molecule has 1 unspecified atom stereocenters. The summed E-state index contributed by atoms with van der Waals surface area (Å²) < 4.78 is 5.03. The van der Waals surface area contributed by atoms with Crippen molar-refractivity contribution < 1.29 is 4.52 Å². The average Bonchev–Trinajstić information content (AvgIpc) is 2.71. The summed E-state index contributed by atoms with van der Waals surface area (Å²) in [5.41, 5.74) is 5.38. The van der Waals surface area contributed by atoms with Crippen molar-refractivity contribution in [3.8, 4) is 0 Å². The van der Waals surface area contributed by atoms with Crippen molar-refractivity contribution in [2.75, 3.05) is 25.4 Å². The topological polar surface area (TPSA) is 68.2 Å². The zero-order valence-corrected chi connectivity index (χ0v) is 7.73. The number of anilines is 1. The highest BCUT2D eigenvalue weighted by Gasteiger charge is 2.26. The number of rotatable bonds is 2. The van der Waals surface area contributed by atoms with Crippen LogP contribution in [0.4, 0.5) is 5.95 Å². The summed E-state index contributed by atoms with van der Waals surface area (Å²) in [6, 6.07) is 0. The van der Waals surface area contributed by atoms with Crippen molar-refractivity contribution in [1.29, 1.82) is 0 Å².